The summed E-state index contributed by atoms with van der Waals surface area (Å²) in [6, 6.07) is 18.5. The molecule has 0 spiro atoms. The van der Waals surface area contributed by atoms with E-state index in [1.54, 1.807) is 38.6 Å². The molecular weight excluding hydrogens is 424 g/mol. The Morgan fingerprint density at radius 3 is 2.38 bits per heavy atom. The van der Waals surface area contributed by atoms with Crippen molar-refractivity contribution in [3.05, 3.63) is 93.9 Å². The van der Waals surface area contributed by atoms with Crippen molar-refractivity contribution in [2.75, 3.05) is 14.2 Å². The van der Waals surface area contributed by atoms with Gasteiger partial charge in [0.25, 0.3) is 5.91 Å². The summed E-state index contributed by atoms with van der Waals surface area (Å²) in [5.74, 6) is 0.729. The second-order valence-corrected chi connectivity index (χ2v) is 8.32. The molecule has 0 saturated carbocycles. The highest BCUT2D eigenvalue weighted by molar-refractivity contribution is 7.15. The molecule has 0 radical (unpaired) electrons. The summed E-state index contributed by atoms with van der Waals surface area (Å²) < 4.78 is 13.3. The maximum Gasteiger partial charge on any atom is 0.340 e. The van der Waals surface area contributed by atoms with E-state index in [0.717, 1.165) is 15.3 Å². The van der Waals surface area contributed by atoms with Crippen LogP contribution in [-0.2, 0) is 0 Å². The van der Waals surface area contributed by atoms with Crippen LogP contribution in [0.15, 0.2) is 77.7 Å². The molecule has 0 aliphatic heterocycles. The molecule has 2 aromatic carbocycles. The summed E-state index contributed by atoms with van der Waals surface area (Å²) in [7, 11) is 3.12. The number of imidazole rings is 1. The van der Waals surface area contributed by atoms with Crippen LogP contribution in [0.3, 0.4) is 0 Å². The Kier molecular flexibility index (Phi) is 6.09. The first-order valence-corrected chi connectivity index (χ1v) is 10.7. The maximum absolute atomic E-state index is 13.2. The molecule has 0 N–H and O–H groups in total. The van der Waals surface area contributed by atoms with Crippen LogP contribution in [0, 0.1) is 6.92 Å². The Labute approximate surface area is 189 Å². The van der Waals surface area contributed by atoms with Crippen molar-refractivity contribution < 1.29 is 14.3 Å². The van der Waals surface area contributed by atoms with Crippen LogP contribution in [0.2, 0.25) is 0 Å². The number of allylic oxidation sites excluding steroid dienone is 1. The number of benzene rings is 2. The zero-order valence-electron chi connectivity index (χ0n) is 17.9. The molecule has 0 atom stereocenters. The van der Waals surface area contributed by atoms with Crippen LogP contribution in [0.4, 0.5) is 0 Å². The molecule has 7 heteroatoms. The monoisotopic (exact) mass is 446 g/mol. The Bertz CT molecular complexity index is 1350. The molecule has 0 aliphatic rings. The van der Waals surface area contributed by atoms with Crippen LogP contribution in [0.25, 0.3) is 22.3 Å². The van der Waals surface area contributed by atoms with E-state index in [9.17, 15) is 9.59 Å². The summed E-state index contributed by atoms with van der Waals surface area (Å²) >= 11 is 1.53. The third kappa shape index (κ3) is 4.15. The van der Waals surface area contributed by atoms with E-state index in [-0.39, 0.29) is 0 Å². The van der Waals surface area contributed by atoms with E-state index in [2.05, 4.69) is 0 Å². The zero-order valence-corrected chi connectivity index (χ0v) is 18.8. The molecule has 4 rings (SSSR count). The van der Waals surface area contributed by atoms with Crippen LogP contribution in [0.5, 0.6) is 11.5 Å². The quantitative estimate of drug-likeness (QED) is 0.389. The molecule has 0 fully saturated rings. The summed E-state index contributed by atoms with van der Waals surface area (Å²) in [5, 5.41) is 0. The maximum atomic E-state index is 13.2. The Morgan fingerprint density at radius 1 is 0.969 bits per heavy atom. The third-order valence-corrected chi connectivity index (χ3v) is 5.99. The minimum absolute atomic E-state index is 0.417. The minimum atomic E-state index is -0.430. The van der Waals surface area contributed by atoms with Gasteiger partial charge in [-0.15, -0.1) is 11.3 Å². The van der Waals surface area contributed by atoms with E-state index in [1.165, 1.54) is 26.5 Å². The molecule has 162 valence electrons. The number of rotatable bonds is 6. The average molecular weight is 447 g/mol. The van der Waals surface area contributed by atoms with Crippen molar-refractivity contribution in [1.82, 2.24) is 9.13 Å². The highest BCUT2D eigenvalue weighted by Crippen LogP contribution is 2.29. The van der Waals surface area contributed by atoms with Crippen LogP contribution in [-0.4, -0.2) is 29.3 Å². The van der Waals surface area contributed by atoms with Crippen molar-refractivity contribution >= 4 is 23.3 Å². The van der Waals surface area contributed by atoms with Gasteiger partial charge in [-0.05, 0) is 55.0 Å². The van der Waals surface area contributed by atoms with Gasteiger partial charge in [0.1, 0.15) is 0 Å². The van der Waals surface area contributed by atoms with Crippen LogP contribution >= 0.6 is 11.3 Å². The number of hydrogen-bond acceptors (Lipinski definition) is 5. The Balaban J connectivity index is 1.76. The first-order chi connectivity index (χ1) is 15.5. The van der Waals surface area contributed by atoms with Gasteiger partial charge in [-0.2, -0.15) is 0 Å². The molecular formula is C25H22N2O4S. The number of nitrogens with zero attached hydrogens (tertiary/aromatic N) is 2. The lowest BCUT2D eigenvalue weighted by Crippen LogP contribution is -2.27. The number of aryl methyl sites for hydroxylation is 1. The topological polar surface area (TPSA) is 62.5 Å². The highest BCUT2D eigenvalue weighted by atomic mass is 32.1. The van der Waals surface area contributed by atoms with Crippen molar-refractivity contribution in [2.45, 2.75) is 6.92 Å². The first kappa shape index (κ1) is 21.4. The third-order valence-electron chi connectivity index (χ3n) is 4.96. The molecule has 6 nitrogen and oxygen atoms in total. The Hall–Kier alpha value is -3.84. The second kappa shape index (κ2) is 9.11. The fourth-order valence-corrected chi connectivity index (χ4v) is 4.24. The molecule has 32 heavy (non-hydrogen) atoms. The molecule has 0 amide bonds. The minimum Gasteiger partial charge on any atom is -0.493 e. The van der Waals surface area contributed by atoms with E-state index in [1.807, 2.05) is 55.5 Å². The second-order valence-electron chi connectivity index (χ2n) is 7.03. The van der Waals surface area contributed by atoms with E-state index in [4.69, 9.17) is 9.47 Å². The van der Waals surface area contributed by atoms with Gasteiger partial charge in [0.2, 0.25) is 0 Å². The van der Waals surface area contributed by atoms with Gasteiger partial charge in [-0.3, -0.25) is 9.36 Å². The lowest BCUT2D eigenvalue weighted by molar-refractivity contribution is 0.0967. The highest BCUT2D eigenvalue weighted by Gasteiger charge is 2.19. The van der Waals surface area contributed by atoms with Gasteiger partial charge in [0.15, 0.2) is 11.5 Å². The fourth-order valence-electron chi connectivity index (χ4n) is 3.38. The largest absolute Gasteiger partial charge is 0.493 e. The number of carbonyl (C=O) groups excluding carboxylic acids is 1. The van der Waals surface area contributed by atoms with Crippen molar-refractivity contribution in [3.63, 3.8) is 0 Å². The number of carbonyl (C=O) groups is 1. The molecule has 0 unspecified atom stereocenters. The van der Waals surface area contributed by atoms with Gasteiger partial charge in [-0.25, -0.2) is 9.36 Å². The van der Waals surface area contributed by atoms with Crippen molar-refractivity contribution in [2.24, 2.45) is 0 Å². The number of thiophene rings is 1. The number of hydrogen-bond donors (Lipinski definition) is 0. The summed E-state index contributed by atoms with van der Waals surface area (Å²) in [4.78, 5) is 28.4. The summed E-state index contributed by atoms with van der Waals surface area (Å²) in [6.45, 7) is 1.99. The number of para-hydroxylation sites is 1. The number of methoxy groups -OCH3 is 2. The summed E-state index contributed by atoms with van der Waals surface area (Å²) in [6.07, 6.45) is 4.76. The SMILES string of the molecule is COc1ccc(/C=C/C(=O)n2c(-c3ccc(C)s3)cn(-c3ccccc3)c2=O)cc1OC. The van der Waals surface area contributed by atoms with Gasteiger partial charge < -0.3 is 9.47 Å². The fraction of sp³-hybridized carbons (Fsp3) is 0.120. The van der Waals surface area contributed by atoms with Crippen molar-refractivity contribution in [1.29, 1.82) is 0 Å². The zero-order chi connectivity index (χ0) is 22.7. The first-order valence-electron chi connectivity index (χ1n) is 9.93. The predicted molar refractivity (Wildman–Crippen MR) is 127 cm³/mol. The van der Waals surface area contributed by atoms with Gasteiger partial charge in [0.05, 0.1) is 30.5 Å². The lowest BCUT2D eigenvalue weighted by atomic mass is 10.2. The average Bonchev–Trinajstić information content (AvgIpc) is 3.40. The van der Waals surface area contributed by atoms with E-state index >= 15 is 0 Å². The van der Waals surface area contributed by atoms with E-state index < -0.39 is 11.6 Å². The van der Waals surface area contributed by atoms with E-state index in [0.29, 0.717) is 22.9 Å². The Morgan fingerprint density at radius 2 is 1.72 bits per heavy atom. The normalized spacial score (nSPS) is 11.1. The molecule has 4 aromatic rings. The number of aromatic nitrogens is 2. The van der Waals surface area contributed by atoms with Crippen molar-refractivity contribution in [3.8, 4) is 27.8 Å². The molecule has 0 saturated heterocycles. The smallest absolute Gasteiger partial charge is 0.340 e. The van der Waals surface area contributed by atoms with Crippen LogP contribution < -0.4 is 15.2 Å². The lowest BCUT2D eigenvalue weighted by Gasteiger charge is -2.07. The summed E-state index contributed by atoms with van der Waals surface area (Å²) in [5.41, 5.74) is 1.58. The van der Waals surface area contributed by atoms with Crippen LogP contribution in [0.1, 0.15) is 15.2 Å². The van der Waals surface area contributed by atoms with Gasteiger partial charge in [0, 0.05) is 17.2 Å². The number of ether oxygens (including phenoxy) is 2. The van der Waals surface area contributed by atoms with Gasteiger partial charge >= 0.3 is 5.69 Å². The standard InChI is InChI=1S/C25H22N2O4S/c1-17-9-13-23(32-17)20-16-26(19-7-5-4-6-8-19)25(29)27(20)24(28)14-11-18-10-12-21(30-2)22(15-18)31-3/h4-16H,1-3H3/b14-11+. The molecule has 0 aliphatic carbocycles. The predicted octanol–water partition coefficient (Wildman–Crippen LogP) is 5.05. The van der Waals surface area contributed by atoms with Gasteiger partial charge in [-0.1, -0.05) is 24.3 Å². The molecule has 2 aromatic heterocycles. The molecule has 2 heterocycles. The molecule has 0 bridgehead atoms.